The summed E-state index contributed by atoms with van der Waals surface area (Å²) in [5.74, 6) is 1.20. The van der Waals surface area contributed by atoms with Crippen molar-refractivity contribution >= 4 is 17.9 Å². The van der Waals surface area contributed by atoms with Crippen LogP contribution >= 0.6 is 0 Å². The Kier molecular flexibility index (Phi) is 4.49. The Bertz CT molecular complexity index is 832. The summed E-state index contributed by atoms with van der Waals surface area (Å²) < 4.78 is 11.1. The summed E-state index contributed by atoms with van der Waals surface area (Å²) in [4.78, 5) is 25.4. The number of hydrogen-bond donors (Lipinski definition) is 0. The van der Waals surface area contributed by atoms with Crippen molar-refractivity contribution in [1.82, 2.24) is 0 Å². The van der Waals surface area contributed by atoms with Crippen LogP contribution in [0.4, 0.5) is 5.69 Å². The van der Waals surface area contributed by atoms with E-state index in [2.05, 4.69) is 0 Å². The number of methoxy groups -OCH3 is 2. The van der Waals surface area contributed by atoms with E-state index in [1.807, 2.05) is 26.0 Å². The van der Waals surface area contributed by atoms with Gasteiger partial charge in [0.25, 0.3) is 0 Å². The third-order valence-corrected chi connectivity index (χ3v) is 4.65. The molecule has 5 nitrogen and oxygen atoms in total. The number of carbonyl (C=O) groups excluding carboxylic acids is 2. The van der Waals surface area contributed by atoms with Gasteiger partial charge in [-0.15, -0.1) is 0 Å². The van der Waals surface area contributed by atoms with Gasteiger partial charge in [0.05, 0.1) is 26.2 Å². The van der Waals surface area contributed by atoms with Crippen molar-refractivity contribution in [2.45, 2.75) is 20.3 Å². The summed E-state index contributed by atoms with van der Waals surface area (Å²) in [6.45, 7) is 4.60. The molecular formula is C20H21NO4. The van der Waals surface area contributed by atoms with E-state index in [9.17, 15) is 9.59 Å². The first-order valence-electron chi connectivity index (χ1n) is 8.20. The summed E-state index contributed by atoms with van der Waals surface area (Å²) in [7, 11) is 3.13. The Hall–Kier alpha value is -2.82. The normalized spacial score (nSPS) is 13.0. The molecular weight excluding hydrogens is 318 g/mol. The van der Waals surface area contributed by atoms with Crippen molar-refractivity contribution in [1.29, 1.82) is 0 Å². The second kappa shape index (κ2) is 6.59. The highest BCUT2D eigenvalue weighted by atomic mass is 16.5. The van der Waals surface area contributed by atoms with E-state index in [4.69, 9.17) is 9.47 Å². The smallest absolute Gasteiger partial charge is 0.231 e. The molecule has 130 valence electrons. The van der Waals surface area contributed by atoms with E-state index in [1.54, 1.807) is 31.3 Å². The van der Waals surface area contributed by atoms with Crippen molar-refractivity contribution in [3.63, 3.8) is 0 Å². The van der Waals surface area contributed by atoms with Gasteiger partial charge in [0.15, 0.2) is 0 Å². The number of rotatable bonds is 5. The van der Waals surface area contributed by atoms with Crippen LogP contribution < -0.4 is 14.4 Å². The average Bonchev–Trinajstić information content (AvgIpc) is 2.95. The molecule has 0 unspecified atom stereocenters. The summed E-state index contributed by atoms with van der Waals surface area (Å²) >= 11 is 0. The largest absolute Gasteiger partial charge is 0.496 e. The predicted octanol–water partition coefficient (Wildman–Crippen LogP) is 3.40. The first-order chi connectivity index (χ1) is 12.0. The van der Waals surface area contributed by atoms with E-state index in [1.165, 1.54) is 0 Å². The molecule has 0 aliphatic carbocycles. The topological polar surface area (TPSA) is 55.8 Å². The molecule has 1 amide bonds. The minimum atomic E-state index is 0.0896. The van der Waals surface area contributed by atoms with Gasteiger partial charge in [-0.05, 0) is 48.7 Å². The van der Waals surface area contributed by atoms with E-state index >= 15 is 0 Å². The zero-order chi connectivity index (χ0) is 18.1. The number of aryl methyl sites for hydroxylation is 1. The molecule has 1 heterocycles. The van der Waals surface area contributed by atoms with Crippen LogP contribution in [0.1, 0.15) is 28.4 Å². The Morgan fingerprint density at radius 3 is 2.28 bits per heavy atom. The lowest BCUT2D eigenvalue weighted by atomic mass is 9.91. The summed E-state index contributed by atoms with van der Waals surface area (Å²) in [6.07, 6.45) is 1.11. The number of ether oxygens (including phenoxy) is 2. The van der Waals surface area contributed by atoms with E-state index in [0.717, 1.165) is 34.2 Å². The lowest BCUT2D eigenvalue weighted by molar-refractivity contribution is -0.117. The molecule has 2 aromatic rings. The van der Waals surface area contributed by atoms with Gasteiger partial charge < -0.3 is 14.4 Å². The first-order valence-corrected chi connectivity index (χ1v) is 8.20. The molecule has 0 saturated heterocycles. The average molecular weight is 339 g/mol. The highest BCUT2D eigenvalue weighted by Crippen LogP contribution is 2.46. The molecule has 1 aliphatic heterocycles. The Morgan fingerprint density at radius 1 is 1.12 bits per heavy atom. The minimum absolute atomic E-state index is 0.0896. The van der Waals surface area contributed by atoms with Crippen LogP contribution in [0.15, 0.2) is 24.3 Å². The SMILES string of the molecule is CCN1C(=O)Cc2c1ccc(C)c2-c1c(OC)cc(C=O)cc1OC. The number of anilines is 1. The number of benzene rings is 2. The van der Waals surface area contributed by atoms with Crippen molar-refractivity contribution < 1.29 is 19.1 Å². The molecule has 0 bridgehead atoms. The molecule has 25 heavy (non-hydrogen) atoms. The molecule has 3 rings (SSSR count). The summed E-state index contributed by atoms with van der Waals surface area (Å²) in [5.41, 5.74) is 5.12. The van der Waals surface area contributed by atoms with Gasteiger partial charge in [0.1, 0.15) is 17.8 Å². The third-order valence-electron chi connectivity index (χ3n) is 4.65. The number of amides is 1. The van der Waals surface area contributed by atoms with Gasteiger partial charge in [-0.2, -0.15) is 0 Å². The fourth-order valence-electron chi connectivity index (χ4n) is 3.51. The van der Waals surface area contributed by atoms with Gasteiger partial charge in [-0.1, -0.05) is 6.07 Å². The highest BCUT2D eigenvalue weighted by Gasteiger charge is 2.31. The van der Waals surface area contributed by atoms with Gasteiger partial charge >= 0.3 is 0 Å². The number of hydrogen-bond acceptors (Lipinski definition) is 4. The quantitative estimate of drug-likeness (QED) is 0.784. The lowest BCUT2D eigenvalue weighted by Gasteiger charge is -2.20. The van der Waals surface area contributed by atoms with Crippen LogP contribution in [-0.4, -0.2) is 33.0 Å². The van der Waals surface area contributed by atoms with Crippen LogP contribution in [0.2, 0.25) is 0 Å². The molecule has 0 radical (unpaired) electrons. The fraction of sp³-hybridized carbons (Fsp3) is 0.300. The number of likely N-dealkylation sites (N-methyl/N-ethyl adjacent to an activating group) is 1. The molecule has 0 N–H and O–H groups in total. The maximum absolute atomic E-state index is 12.4. The van der Waals surface area contributed by atoms with Crippen LogP contribution in [-0.2, 0) is 11.2 Å². The van der Waals surface area contributed by atoms with Crippen LogP contribution in [0.25, 0.3) is 11.1 Å². The maximum atomic E-state index is 12.4. The minimum Gasteiger partial charge on any atom is -0.496 e. The number of fused-ring (bicyclic) bond motifs is 1. The van der Waals surface area contributed by atoms with Gasteiger partial charge in [-0.3, -0.25) is 9.59 Å². The molecule has 0 fully saturated rings. The molecule has 0 spiro atoms. The van der Waals surface area contributed by atoms with E-state index < -0.39 is 0 Å². The summed E-state index contributed by atoms with van der Waals surface area (Å²) in [6, 6.07) is 7.37. The standard InChI is InChI=1S/C20H21NO4/c1-5-21-15-7-6-12(2)19(14(15)10-18(21)23)20-16(24-3)8-13(11-22)9-17(20)25-4/h6-9,11H,5,10H2,1-4H3. The van der Waals surface area contributed by atoms with Crippen molar-refractivity contribution in [2.75, 3.05) is 25.7 Å². The van der Waals surface area contributed by atoms with E-state index in [-0.39, 0.29) is 5.91 Å². The monoisotopic (exact) mass is 339 g/mol. The van der Waals surface area contributed by atoms with Gasteiger partial charge in [-0.25, -0.2) is 0 Å². The fourth-order valence-corrected chi connectivity index (χ4v) is 3.51. The van der Waals surface area contributed by atoms with Crippen LogP contribution in [0.3, 0.4) is 0 Å². The number of nitrogens with zero attached hydrogens (tertiary/aromatic N) is 1. The maximum Gasteiger partial charge on any atom is 0.231 e. The zero-order valence-corrected chi connectivity index (χ0v) is 14.9. The second-order valence-corrected chi connectivity index (χ2v) is 5.99. The zero-order valence-electron chi connectivity index (χ0n) is 14.9. The molecule has 1 aliphatic rings. The van der Waals surface area contributed by atoms with Crippen LogP contribution in [0, 0.1) is 6.92 Å². The van der Waals surface area contributed by atoms with Gasteiger partial charge in [0.2, 0.25) is 5.91 Å². The highest BCUT2D eigenvalue weighted by molar-refractivity contribution is 6.05. The first kappa shape index (κ1) is 17.0. The molecule has 5 heteroatoms. The predicted molar refractivity (Wildman–Crippen MR) is 96.8 cm³/mol. The van der Waals surface area contributed by atoms with E-state index in [0.29, 0.717) is 30.0 Å². The number of carbonyl (C=O) groups is 2. The molecule has 0 saturated carbocycles. The van der Waals surface area contributed by atoms with Crippen LogP contribution in [0.5, 0.6) is 11.5 Å². The molecule has 0 aromatic heterocycles. The Labute approximate surface area is 147 Å². The number of aldehydes is 1. The van der Waals surface area contributed by atoms with Crippen molar-refractivity contribution in [2.24, 2.45) is 0 Å². The third kappa shape index (κ3) is 2.65. The second-order valence-electron chi connectivity index (χ2n) is 5.99. The molecule has 0 atom stereocenters. The van der Waals surface area contributed by atoms with Crippen molar-refractivity contribution in [3.8, 4) is 22.6 Å². The lowest BCUT2D eigenvalue weighted by Crippen LogP contribution is -2.25. The molecule has 2 aromatic carbocycles. The summed E-state index contributed by atoms with van der Waals surface area (Å²) in [5, 5.41) is 0. The Balaban J connectivity index is 2.34. The van der Waals surface area contributed by atoms with Gasteiger partial charge in [0, 0.05) is 17.8 Å². The Morgan fingerprint density at radius 2 is 1.76 bits per heavy atom. The van der Waals surface area contributed by atoms with Crippen molar-refractivity contribution in [3.05, 3.63) is 41.0 Å².